The van der Waals surface area contributed by atoms with Crippen LogP contribution in [0.25, 0.3) is 0 Å². The zero-order valence-electron chi connectivity index (χ0n) is 14.7. The number of allylic oxidation sites excluding steroid dienone is 1. The average Bonchev–Trinajstić information content (AvgIpc) is 2.97. The number of esters is 1. The first-order valence-electron chi connectivity index (χ1n) is 7.86. The van der Waals surface area contributed by atoms with E-state index in [0.29, 0.717) is 6.42 Å². The van der Waals surface area contributed by atoms with Gasteiger partial charge in [-0.2, -0.15) is 0 Å². The van der Waals surface area contributed by atoms with Crippen molar-refractivity contribution in [3.8, 4) is 0 Å². The van der Waals surface area contributed by atoms with E-state index in [1.807, 2.05) is 20.8 Å². The van der Waals surface area contributed by atoms with Crippen molar-refractivity contribution in [2.75, 3.05) is 0 Å². The molecule has 0 aromatic carbocycles. The van der Waals surface area contributed by atoms with Crippen LogP contribution < -0.4 is 0 Å². The van der Waals surface area contributed by atoms with E-state index in [1.54, 1.807) is 26.8 Å². The smallest absolute Gasteiger partial charge is 0.307 e. The van der Waals surface area contributed by atoms with Gasteiger partial charge >= 0.3 is 5.97 Å². The second kappa shape index (κ2) is 6.15. The lowest BCUT2D eigenvalue weighted by Gasteiger charge is -2.27. The zero-order chi connectivity index (χ0) is 17.3. The summed E-state index contributed by atoms with van der Waals surface area (Å²) in [7, 11) is 0. The van der Waals surface area contributed by atoms with E-state index >= 15 is 0 Å². The van der Waals surface area contributed by atoms with Gasteiger partial charge in [-0.05, 0) is 38.5 Å². The summed E-state index contributed by atoms with van der Waals surface area (Å²) < 4.78 is 5.34. The van der Waals surface area contributed by atoms with Crippen LogP contribution in [0.2, 0.25) is 0 Å². The van der Waals surface area contributed by atoms with Crippen molar-refractivity contribution in [3.05, 3.63) is 12.7 Å². The molecule has 22 heavy (non-hydrogen) atoms. The molecule has 0 amide bonds. The highest BCUT2D eigenvalue weighted by Gasteiger charge is 2.60. The van der Waals surface area contributed by atoms with E-state index in [-0.39, 0.29) is 35.9 Å². The number of Topliss-reactive ketones (excluding diaryl/α,β-unsaturated/α-hetero) is 1. The second-order valence-electron chi connectivity index (χ2n) is 8.65. The number of aliphatic hydroxyl groups is 1. The Balaban J connectivity index is 2.82. The number of aliphatic hydroxyl groups excluding tert-OH is 1. The molecule has 126 valence electrons. The van der Waals surface area contributed by atoms with Gasteiger partial charge < -0.3 is 9.84 Å². The Hall–Kier alpha value is -1.16. The minimum atomic E-state index is -1.14. The van der Waals surface area contributed by atoms with Gasteiger partial charge in [0.25, 0.3) is 0 Å². The van der Waals surface area contributed by atoms with Crippen molar-refractivity contribution in [3.63, 3.8) is 0 Å². The van der Waals surface area contributed by atoms with Crippen LogP contribution in [0.5, 0.6) is 0 Å². The fourth-order valence-electron chi connectivity index (χ4n) is 2.87. The average molecular weight is 310 g/mol. The summed E-state index contributed by atoms with van der Waals surface area (Å²) >= 11 is 0. The Morgan fingerprint density at radius 1 is 1.32 bits per heavy atom. The van der Waals surface area contributed by atoms with E-state index in [9.17, 15) is 14.7 Å². The summed E-state index contributed by atoms with van der Waals surface area (Å²) in [6, 6.07) is 0. The van der Waals surface area contributed by atoms with Crippen LogP contribution in [0.4, 0.5) is 0 Å². The molecule has 1 aliphatic rings. The highest BCUT2D eigenvalue weighted by molar-refractivity contribution is 5.86. The Kier molecular flexibility index (Phi) is 5.28. The number of hydrogen-bond donors (Lipinski definition) is 1. The molecule has 0 bridgehead atoms. The molecule has 1 rings (SSSR count). The van der Waals surface area contributed by atoms with Crippen molar-refractivity contribution in [1.29, 1.82) is 0 Å². The normalized spacial score (nSPS) is 26.2. The molecule has 1 fully saturated rings. The van der Waals surface area contributed by atoms with Crippen LogP contribution in [0.3, 0.4) is 0 Å². The summed E-state index contributed by atoms with van der Waals surface area (Å²) in [5.74, 6) is -0.598. The quantitative estimate of drug-likeness (QED) is 0.604. The molecule has 1 saturated carbocycles. The Morgan fingerprint density at radius 3 is 2.23 bits per heavy atom. The molecule has 0 radical (unpaired) electrons. The number of ether oxygens (including phenoxy) is 1. The van der Waals surface area contributed by atoms with Gasteiger partial charge in [0.1, 0.15) is 11.7 Å². The van der Waals surface area contributed by atoms with Gasteiger partial charge in [0.2, 0.25) is 0 Å². The summed E-state index contributed by atoms with van der Waals surface area (Å²) in [6.45, 7) is 15.0. The monoisotopic (exact) mass is 310 g/mol. The molecule has 1 N–H and O–H groups in total. The number of hydrogen-bond acceptors (Lipinski definition) is 4. The molecule has 4 nitrogen and oxygen atoms in total. The molecule has 0 saturated heterocycles. The minimum Gasteiger partial charge on any atom is -0.460 e. The van der Waals surface area contributed by atoms with Crippen molar-refractivity contribution in [1.82, 2.24) is 0 Å². The van der Waals surface area contributed by atoms with Gasteiger partial charge in [-0.1, -0.05) is 26.8 Å². The first kappa shape index (κ1) is 18.9. The van der Waals surface area contributed by atoms with Gasteiger partial charge in [-0.3, -0.25) is 9.59 Å². The first-order valence-corrected chi connectivity index (χ1v) is 7.86. The predicted octanol–water partition coefficient (Wildman–Crippen LogP) is 3.28. The van der Waals surface area contributed by atoms with Crippen LogP contribution >= 0.6 is 0 Å². The third-order valence-electron chi connectivity index (χ3n) is 3.91. The molecule has 0 aliphatic heterocycles. The third kappa shape index (κ3) is 4.94. The largest absolute Gasteiger partial charge is 0.460 e. The van der Waals surface area contributed by atoms with Crippen molar-refractivity contribution < 1.29 is 19.4 Å². The van der Waals surface area contributed by atoms with E-state index in [0.717, 1.165) is 0 Å². The molecule has 0 aromatic rings. The third-order valence-corrected chi connectivity index (χ3v) is 3.91. The van der Waals surface area contributed by atoms with E-state index in [1.165, 1.54) is 0 Å². The van der Waals surface area contributed by atoms with E-state index in [2.05, 4.69) is 6.58 Å². The SMILES string of the molecule is C=C[C@@H]1C[C@]1(CC(=O)OC(C)(C)C)C(O)C(=O)CC(C)(C)C. The van der Waals surface area contributed by atoms with E-state index < -0.39 is 17.1 Å². The maximum absolute atomic E-state index is 12.3. The Bertz CT molecular complexity index is 453. The topological polar surface area (TPSA) is 63.6 Å². The van der Waals surface area contributed by atoms with Crippen LogP contribution in [0.15, 0.2) is 12.7 Å². The number of carbonyl (C=O) groups is 2. The summed E-state index contributed by atoms with van der Waals surface area (Å²) in [5, 5.41) is 10.5. The van der Waals surface area contributed by atoms with Gasteiger partial charge in [-0.15, -0.1) is 6.58 Å². The summed E-state index contributed by atoms with van der Waals surface area (Å²) in [5.41, 5.74) is -1.49. The maximum atomic E-state index is 12.3. The Labute approximate surface area is 133 Å². The fourth-order valence-corrected chi connectivity index (χ4v) is 2.87. The standard InChI is InChI=1S/C18H30O4/c1-8-12-9-18(12,11-14(20)22-17(5,6)7)15(21)13(19)10-16(2,3)4/h8,12,15,21H,1,9-11H2,2-7H3/t12-,15?,18-/m1/s1. The fraction of sp³-hybridized carbons (Fsp3) is 0.778. The number of carbonyl (C=O) groups excluding carboxylic acids is 2. The lowest BCUT2D eigenvalue weighted by Crippen LogP contribution is -2.37. The second-order valence-corrected chi connectivity index (χ2v) is 8.65. The maximum Gasteiger partial charge on any atom is 0.307 e. The Morgan fingerprint density at radius 2 is 1.86 bits per heavy atom. The molecular formula is C18H30O4. The summed E-state index contributed by atoms with van der Waals surface area (Å²) in [4.78, 5) is 24.4. The van der Waals surface area contributed by atoms with E-state index in [4.69, 9.17) is 4.74 Å². The number of ketones is 1. The molecule has 0 heterocycles. The van der Waals surface area contributed by atoms with Crippen LogP contribution in [-0.2, 0) is 14.3 Å². The molecule has 0 aromatic heterocycles. The highest BCUT2D eigenvalue weighted by Crippen LogP contribution is 2.59. The molecule has 4 heteroatoms. The lowest BCUT2D eigenvalue weighted by molar-refractivity contribution is -0.158. The molecule has 1 unspecified atom stereocenters. The molecular weight excluding hydrogens is 280 g/mol. The van der Waals surface area contributed by atoms with Crippen molar-refractivity contribution in [2.45, 2.75) is 72.5 Å². The van der Waals surface area contributed by atoms with Gasteiger partial charge in [0.15, 0.2) is 5.78 Å². The number of rotatable bonds is 6. The van der Waals surface area contributed by atoms with Crippen LogP contribution in [0, 0.1) is 16.7 Å². The molecule has 0 spiro atoms. The van der Waals surface area contributed by atoms with Gasteiger partial charge in [0.05, 0.1) is 6.42 Å². The summed E-state index contributed by atoms with van der Waals surface area (Å²) in [6.07, 6.45) is 1.53. The highest BCUT2D eigenvalue weighted by atomic mass is 16.6. The van der Waals surface area contributed by atoms with Crippen molar-refractivity contribution in [2.24, 2.45) is 16.7 Å². The minimum absolute atomic E-state index is 0.0149. The molecule has 1 aliphatic carbocycles. The van der Waals surface area contributed by atoms with Gasteiger partial charge in [0, 0.05) is 11.8 Å². The van der Waals surface area contributed by atoms with Crippen LogP contribution in [0.1, 0.15) is 60.8 Å². The lowest BCUT2D eigenvalue weighted by atomic mass is 9.82. The van der Waals surface area contributed by atoms with Crippen molar-refractivity contribution >= 4 is 11.8 Å². The molecule has 3 atom stereocenters. The van der Waals surface area contributed by atoms with Gasteiger partial charge in [-0.25, -0.2) is 0 Å². The predicted molar refractivity (Wildman–Crippen MR) is 86.3 cm³/mol. The zero-order valence-corrected chi connectivity index (χ0v) is 14.7. The first-order chi connectivity index (χ1) is 9.81. The van der Waals surface area contributed by atoms with Crippen LogP contribution in [-0.4, -0.2) is 28.6 Å².